The Kier molecular flexibility index (Phi) is 2.11. The molecule has 0 aromatic carbocycles. The lowest BCUT2D eigenvalue weighted by atomic mass is 10.1. The molecule has 2 atom stereocenters. The standard InChI is InChI=1S/C12H15N3O/c1-8-6-15(7-10(8)13)12-9-3-5-16-11(9)2-4-14-12/h2-5,8,10H,6-7,13H2,1H3. The van der Waals surface area contributed by atoms with Gasteiger partial charge in [0.2, 0.25) is 0 Å². The molecule has 0 spiro atoms. The maximum atomic E-state index is 6.03. The van der Waals surface area contributed by atoms with E-state index in [2.05, 4.69) is 16.8 Å². The topological polar surface area (TPSA) is 55.3 Å². The molecule has 2 aromatic heterocycles. The highest BCUT2D eigenvalue weighted by molar-refractivity contribution is 5.88. The highest BCUT2D eigenvalue weighted by atomic mass is 16.3. The molecule has 0 amide bonds. The van der Waals surface area contributed by atoms with Gasteiger partial charge in [0.1, 0.15) is 11.4 Å². The molecule has 0 saturated carbocycles. The van der Waals surface area contributed by atoms with Gasteiger partial charge in [-0.15, -0.1) is 0 Å². The van der Waals surface area contributed by atoms with Crippen LogP contribution >= 0.6 is 0 Å². The molecule has 1 aliphatic rings. The molecule has 1 aliphatic heterocycles. The Bertz CT molecular complexity index is 498. The van der Waals surface area contributed by atoms with Crippen molar-refractivity contribution in [3.8, 4) is 0 Å². The van der Waals surface area contributed by atoms with E-state index in [0.29, 0.717) is 5.92 Å². The molecule has 2 aromatic rings. The first-order valence-electron chi connectivity index (χ1n) is 5.58. The van der Waals surface area contributed by atoms with E-state index in [9.17, 15) is 0 Å². The van der Waals surface area contributed by atoms with Crippen molar-refractivity contribution in [1.29, 1.82) is 0 Å². The summed E-state index contributed by atoms with van der Waals surface area (Å²) >= 11 is 0. The summed E-state index contributed by atoms with van der Waals surface area (Å²) in [6.45, 7) is 4.02. The van der Waals surface area contributed by atoms with Crippen LogP contribution in [0.2, 0.25) is 0 Å². The maximum Gasteiger partial charge on any atom is 0.139 e. The smallest absolute Gasteiger partial charge is 0.139 e. The largest absolute Gasteiger partial charge is 0.464 e. The highest BCUT2D eigenvalue weighted by Gasteiger charge is 2.28. The van der Waals surface area contributed by atoms with Crippen LogP contribution in [0.4, 0.5) is 5.82 Å². The minimum atomic E-state index is 0.240. The number of nitrogens with two attached hydrogens (primary N) is 1. The van der Waals surface area contributed by atoms with Crippen molar-refractivity contribution in [2.75, 3.05) is 18.0 Å². The van der Waals surface area contributed by atoms with Crippen molar-refractivity contribution >= 4 is 16.8 Å². The average molecular weight is 217 g/mol. The first-order chi connectivity index (χ1) is 7.75. The third kappa shape index (κ3) is 1.38. The summed E-state index contributed by atoms with van der Waals surface area (Å²) in [6.07, 6.45) is 3.49. The molecular formula is C12H15N3O. The molecule has 4 nitrogen and oxygen atoms in total. The molecule has 1 saturated heterocycles. The van der Waals surface area contributed by atoms with E-state index in [4.69, 9.17) is 10.2 Å². The van der Waals surface area contributed by atoms with E-state index in [0.717, 1.165) is 29.9 Å². The van der Waals surface area contributed by atoms with Gasteiger partial charge in [-0.1, -0.05) is 6.92 Å². The second-order valence-electron chi connectivity index (χ2n) is 4.51. The fourth-order valence-electron chi connectivity index (χ4n) is 2.30. The Balaban J connectivity index is 2.03. The minimum absolute atomic E-state index is 0.240. The Morgan fingerprint density at radius 3 is 3.06 bits per heavy atom. The molecule has 0 bridgehead atoms. The fourth-order valence-corrected chi connectivity index (χ4v) is 2.30. The van der Waals surface area contributed by atoms with E-state index in [1.807, 2.05) is 12.1 Å². The summed E-state index contributed by atoms with van der Waals surface area (Å²) in [5.74, 6) is 1.51. The van der Waals surface area contributed by atoms with Gasteiger partial charge in [-0.05, 0) is 18.1 Å². The van der Waals surface area contributed by atoms with Gasteiger partial charge in [0, 0.05) is 25.3 Å². The van der Waals surface area contributed by atoms with Crippen LogP contribution in [-0.4, -0.2) is 24.1 Å². The number of pyridine rings is 1. The molecular weight excluding hydrogens is 202 g/mol. The molecule has 2 N–H and O–H groups in total. The van der Waals surface area contributed by atoms with Crippen LogP contribution in [0, 0.1) is 5.92 Å². The van der Waals surface area contributed by atoms with Gasteiger partial charge in [-0.2, -0.15) is 0 Å². The predicted molar refractivity (Wildman–Crippen MR) is 63.4 cm³/mol. The summed E-state index contributed by atoms with van der Waals surface area (Å²) in [6, 6.07) is 4.09. The Morgan fingerprint density at radius 1 is 1.44 bits per heavy atom. The summed E-state index contributed by atoms with van der Waals surface area (Å²) in [4.78, 5) is 6.68. The van der Waals surface area contributed by atoms with Gasteiger partial charge >= 0.3 is 0 Å². The SMILES string of the molecule is CC1CN(c2nccc3occc23)CC1N. The van der Waals surface area contributed by atoms with Gasteiger partial charge in [0.05, 0.1) is 11.6 Å². The summed E-state index contributed by atoms with van der Waals surface area (Å²) in [5.41, 5.74) is 6.92. The number of nitrogens with zero attached hydrogens (tertiary/aromatic N) is 2. The average Bonchev–Trinajstić information content (AvgIpc) is 2.85. The van der Waals surface area contributed by atoms with Crippen LogP contribution < -0.4 is 10.6 Å². The minimum Gasteiger partial charge on any atom is -0.464 e. The van der Waals surface area contributed by atoms with Gasteiger partial charge in [-0.25, -0.2) is 4.98 Å². The molecule has 2 unspecified atom stereocenters. The van der Waals surface area contributed by atoms with Crippen molar-refractivity contribution in [2.45, 2.75) is 13.0 Å². The van der Waals surface area contributed by atoms with Gasteiger partial charge in [0.25, 0.3) is 0 Å². The normalized spacial score (nSPS) is 25.5. The second-order valence-corrected chi connectivity index (χ2v) is 4.51. The van der Waals surface area contributed by atoms with E-state index >= 15 is 0 Å². The van der Waals surface area contributed by atoms with Crippen LogP contribution in [0.3, 0.4) is 0 Å². The zero-order chi connectivity index (χ0) is 11.1. The fraction of sp³-hybridized carbons (Fsp3) is 0.417. The van der Waals surface area contributed by atoms with Gasteiger partial charge < -0.3 is 15.1 Å². The van der Waals surface area contributed by atoms with Crippen molar-refractivity contribution in [3.63, 3.8) is 0 Å². The second kappa shape index (κ2) is 3.49. The Morgan fingerprint density at radius 2 is 2.31 bits per heavy atom. The number of fused-ring (bicyclic) bond motifs is 1. The maximum absolute atomic E-state index is 6.03. The van der Waals surface area contributed by atoms with E-state index in [1.54, 1.807) is 12.5 Å². The van der Waals surface area contributed by atoms with Crippen molar-refractivity contribution in [1.82, 2.24) is 4.98 Å². The lowest BCUT2D eigenvalue weighted by Crippen LogP contribution is -2.28. The van der Waals surface area contributed by atoms with E-state index < -0.39 is 0 Å². The zero-order valence-electron chi connectivity index (χ0n) is 9.26. The molecule has 4 heteroatoms. The van der Waals surface area contributed by atoms with Crippen molar-refractivity contribution in [3.05, 3.63) is 24.6 Å². The van der Waals surface area contributed by atoms with Crippen molar-refractivity contribution < 1.29 is 4.42 Å². The molecule has 0 aliphatic carbocycles. The predicted octanol–water partition coefficient (Wildman–Crippen LogP) is 1.61. The quantitative estimate of drug-likeness (QED) is 0.788. The van der Waals surface area contributed by atoms with Crippen molar-refractivity contribution in [2.24, 2.45) is 11.7 Å². The number of furan rings is 1. The number of anilines is 1. The van der Waals surface area contributed by atoms with E-state index in [-0.39, 0.29) is 6.04 Å². The van der Waals surface area contributed by atoms with Crippen LogP contribution in [0.15, 0.2) is 29.0 Å². The first-order valence-corrected chi connectivity index (χ1v) is 5.58. The summed E-state index contributed by atoms with van der Waals surface area (Å²) < 4.78 is 5.37. The summed E-state index contributed by atoms with van der Waals surface area (Å²) in [7, 11) is 0. The third-order valence-electron chi connectivity index (χ3n) is 3.33. The number of hydrogen-bond acceptors (Lipinski definition) is 4. The van der Waals surface area contributed by atoms with Gasteiger partial charge in [-0.3, -0.25) is 0 Å². The number of rotatable bonds is 1. The Labute approximate surface area is 94.0 Å². The number of aromatic nitrogens is 1. The third-order valence-corrected chi connectivity index (χ3v) is 3.33. The van der Waals surface area contributed by atoms with Crippen LogP contribution in [0.1, 0.15) is 6.92 Å². The molecule has 3 heterocycles. The molecule has 3 rings (SSSR count). The molecule has 0 radical (unpaired) electrons. The van der Waals surface area contributed by atoms with Crippen LogP contribution in [0.25, 0.3) is 11.0 Å². The number of hydrogen-bond donors (Lipinski definition) is 1. The molecule has 16 heavy (non-hydrogen) atoms. The summed E-state index contributed by atoms with van der Waals surface area (Å²) in [5, 5.41) is 1.07. The van der Waals surface area contributed by atoms with Crippen LogP contribution in [-0.2, 0) is 0 Å². The molecule has 84 valence electrons. The Hall–Kier alpha value is -1.55. The van der Waals surface area contributed by atoms with Gasteiger partial charge in [0.15, 0.2) is 0 Å². The molecule has 1 fully saturated rings. The lowest BCUT2D eigenvalue weighted by Gasteiger charge is -2.17. The highest BCUT2D eigenvalue weighted by Crippen LogP contribution is 2.28. The van der Waals surface area contributed by atoms with Crippen LogP contribution in [0.5, 0.6) is 0 Å². The monoisotopic (exact) mass is 217 g/mol. The lowest BCUT2D eigenvalue weighted by molar-refractivity contribution is 0.566. The first kappa shape index (κ1) is 9.66. The zero-order valence-corrected chi connectivity index (χ0v) is 9.26. The van der Waals surface area contributed by atoms with E-state index in [1.165, 1.54) is 0 Å².